The molecule has 0 bridgehead atoms. The average molecular weight is 249 g/mol. The smallest absolute Gasteiger partial charge is 0.125 e. The van der Waals surface area contributed by atoms with E-state index in [-0.39, 0.29) is 0 Å². The fourth-order valence-corrected chi connectivity index (χ4v) is 2.31. The number of benzene rings is 1. The molecule has 0 heterocycles. The zero-order chi connectivity index (χ0) is 13.1. The van der Waals surface area contributed by atoms with Crippen molar-refractivity contribution in [1.29, 1.82) is 0 Å². The molecule has 0 aliphatic heterocycles. The van der Waals surface area contributed by atoms with Gasteiger partial charge in [-0.05, 0) is 62.4 Å². The van der Waals surface area contributed by atoms with E-state index in [1.807, 2.05) is 0 Å². The summed E-state index contributed by atoms with van der Waals surface area (Å²) in [4.78, 5) is 0. The normalized spacial score (nSPS) is 14.7. The molecule has 2 rings (SSSR count). The Balaban J connectivity index is 2.16. The van der Waals surface area contributed by atoms with Gasteiger partial charge >= 0.3 is 0 Å². The van der Waals surface area contributed by atoms with E-state index >= 15 is 0 Å². The standard InChI is InChI=1S/C15H23NO2/c1-10-11(2)15(18-4)12(9-14(10)17-3)7-8-16-13-5-6-13/h9,13,16H,5-8H2,1-4H3. The summed E-state index contributed by atoms with van der Waals surface area (Å²) in [6.07, 6.45) is 3.64. The summed E-state index contributed by atoms with van der Waals surface area (Å²) in [5.74, 6) is 1.96. The molecule has 3 nitrogen and oxygen atoms in total. The summed E-state index contributed by atoms with van der Waals surface area (Å²) in [5, 5.41) is 3.53. The van der Waals surface area contributed by atoms with Crippen molar-refractivity contribution in [2.24, 2.45) is 0 Å². The van der Waals surface area contributed by atoms with E-state index in [9.17, 15) is 0 Å². The number of ether oxygens (including phenoxy) is 2. The lowest BCUT2D eigenvalue weighted by Gasteiger charge is -2.17. The van der Waals surface area contributed by atoms with Crippen LogP contribution in [0.25, 0.3) is 0 Å². The van der Waals surface area contributed by atoms with Crippen LogP contribution in [0.3, 0.4) is 0 Å². The third-order valence-electron chi connectivity index (χ3n) is 3.70. The summed E-state index contributed by atoms with van der Waals surface area (Å²) < 4.78 is 11.0. The molecule has 1 aromatic carbocycles. The number of nitrogens with one attached hydrogen (secondary N) is 1. The Labute approximate surface area is 109 Å². The van der Waals surface area contributed by atoms with E-state index in [1.54, 1.807) is 14.2 Å². The lowest BCUT2D eigenvalue weighted by molar-refractivity contribution is 0.393. The van der Waals surface area contributed by atoms with Gasteiger partial charge in [0.05, 0.1) is 14.2 Å². The molecule has 1 aromatic rings. The second kappa shape index (κ2) is 5.61. The van der Waals surface area contributed by atoms with Gasteiger partial charge < -0.3 is 14.8 Å². The lowest BCUT2D eigenvalue weighted by atomic mass is 10.0. The summed E-state index contributed by atoms with van der Waals surface area (Å²) in [6.45, 7) is 5.17. The molecule has 1 saturated carbocycles. The molecule has 0 saturated heterocycles. The van der Waals surface area contributed by atoms with Gasteiger partial charge in [-0.2, -0.15) is 0 Å². The minimum atomic E-state index is 0.754. The Bertz CT molecular complexity index is 425. The molecule has 0 aromatic heterocycles. The van der Waals surface area contributed by atoms with Gasteiger partial charge in [0.1, 0.15) is 11.5 Å². The van der Waals surface area contributed by atoms with Gasteiger partial charge in [-0.1, -0.05) is 0 Å². The van der Waals surface area contributed by atoms with Crippen molar-refractivity contribution in [2.75, 3.05) is 20.8 Å². The van der Waals surface area contributed by atoms with Crippen LogP contribution in [0.15, 0.2) is 6.07 Å². The molecule has 0 atom stereocenters. The highest BCUT2D eigenvalue weighted by atomic mass is 16.5. The van der Waals surface area contributed by atoms with E-state index in [4.69, 9.17) is 9.47 Å². The zero-order valence-electron chi connectivity index (χ0n) is 11.8. The Morgan fingerprint density at radius 3 is 2.44 bits per heavy atom. The van der Waals surface area contributed by atoms with Crippen molar-refractivity contribution < 1.29 is 9.47 Å². The number of hydrogen-bond acceptors (Lipinski definition) is 3. The predicted octanol–water partition coefficient (Wildman–Crippen LogP) is 2.62. The first-order valence-electron chi connectivity index (χ1n) is 6.61. The van der Waals surface area contributed by atoms with Crippen LogP contribution in [0.5, 0.6) is 11.5 Å². The van der Waals surface area contributed by atoms with E-state index in [0.29, 0.717) is 0 Å². The van der Waals surface area contributed by atoms with E-state index in [1.165, 1.54) is 24.0 Å². The molecule has 18 heavy (non-hydrogen) atoms. The van der Waals surface area contributed by atoms with E-state index < -0.39 is 0 Å². The average Bonchev–Trinajstić information content (AvgIpc) is 3.18. The van der Waals surface area contributed by atoms with Crippen LogP contribution in [0.4, 0.5) is 0 Å². The number of rotatable bonds is 6. The summed E-state index contributed by atoms with van der Waals surface area (Å²) in [6, 6.07) is 2.86. The van der Waals surface area contributed by atoms with Gasteiger partial charge in [0.25, 0.3) is 0 Å². The highest BCUT2D eigenvalue weighted by molar-refractivity contribution is 5.52. The summed E-state index contributed by atoms with van der Waals surface area (Å²) in [7, 11) is 3.46. The first kappa shape index (κ1) is 13.2. The monoisotopic (exact) mass is 249 g/mol. The maximum atomic E-state index is 5.55. The van der Waals surface area contributed by atoms with Crippen molar-refractivity contribution >= 4 is 0 Å². The Morgan fingerprint density at radius 2 is 1.89 bits per heavy atom. The van der Waals surface area contributed by atoms with Crippen LogP contribution >= 0.6 is 0 Å². The number of hydrogen-bond donors (Lipinski definition) is 1. The Hall–Kier alpha value is -1.22. The van der Waals surface area contributed by atoms with Gasteiger partial charge in [0.2, 0.25) is 0 Å². The van der Waals surface area contributed by atoms with Gasteiger partial charge in [0, 0.05) is 6.04 Å². The van der Waals surface area contributed by atoms with Crippen molar-refractivity contribution in [2.45, 2.75) is 39.2 Å². The van der Waals surface area contributed by atoms with Gasteiger partial charge in [-0.15, -0.1) is 0 Å². The number of methoxy groups -OCH3 is 2. The highest BCUT2D eigenvalue weighted by Crippen LogP contribution is 2.33. The topological polar surface area (TPSA) is 30.5 Å². The lowest BCUT2D eigenvalue weighted by Crippen LogP contribution is -2.19. The Kier molecular flexibility index (Phi) is 4.12. The summed E-state index contributed by atoms with van der Waals surface area (Å²) in [5.41, 5.74) is 3.57. The van der Waals surface area contributed by atoms with Crippen molar-refractivity contribution in [1.82, 2.24) is 5.32 Å². The van der Waals surface area contributed by atoms with Gasteiger partial charge in [-0.3, -0.25) is 0 Å². The predicted molar refractivity (Wildman–Crippen MR) is 73.7 cm³/mol. The van der Waals surface area contributed by atoms with Crippen LogP contribution in [0.1, 0.15) is 29.5 Å². The van der Waals surface area contributed by atoms with Crippen LogP contribution in [0, 0.1) is 13.8 Å². The van der Waals surface area contributed by atoms with Crippen molar-refractivity contribution in [3.8, 4) is 11.5 Å². The van der Waals surface area contributed by atoms with Gasteiger partial charge in [-0.25, -0.2) is 0 Å². The highest BCUT2D eigenvalue weighted by Gasteiger charge is 2.20. The molecule has 3 heteroatoms. The fourth-order valence-electron chi connectivity index (χ4n) is 2.31. The maximum Gasteiger partial charge on any atom is 0.125 e. The van der Waals surface area contributed by atoms with Crippen LogP contribution < -0.4 is 14.8 Å². The largest absolute Gasteiger partial charge is 0.496 e. The first-order chi connectivity index (χ1) is 8.67. The third kappa shape index (κ3) is 2.78. The molecule has 1 fully saturated rings. The van der Waals surface area contributed by atoms with E-state index in [2.05, 4.69) is 25.2 Å². The molecule has 0 spiro atoms. The molecular weight excluding hydrogens is 226 g/mol. The van der Waals surface area contributed by atoms with Crippen molar-refractivity contribution in [3.63, 3.8) is 0 Å². The molecular formula is C15H23NO2. The Morgan fingerprint density at radius 1 is 1.17 bits per heavy atom. The van der Waals surface area contributed by atoms with Crippen LogP contribution in [-0.2, 0) is 6.42 Å². The third-order valence-corrected chi connectivity index (χ3v) is 3.70. The molecule has 1 aliphatic carbocycles. The fraction of sp³-hybridized carbons (Fsp3) is 0.600. The maximum absolute atomic E-state index is 5.55. The van der Waals surface area contributed by atoms with Gasteiger partial charge in [0.15, 0.2) is 0 Å². The zero-order valence-corrected chi connectivity index (χ0v) is 11.8. The minimum Gasteiger partial charge on any atom is -0.496 e. The van der Waals surface area contributed by atoms with Crippen molar-refractivity contribution in [3.05, 3.63) is 22.8 Å². The van der Waals surface area contributed by atoms with E-state index in [0.717, 1.165) is 36.1 Å². The molecule has 0 unspecified atom stereocenters. The molecule has 100 valence electrons. The SMILES string of the molecule is COc1cc(CCNC2CC2)c(OC)c(C)c1C. The minimum absolute atomic E-state index is 0.754. The van der Waals surface area contributed by atoms with Crippen LogP contribution in [0.2, 0.25) is 0 Å². The quantitative estimate of drug-likeness (QED) is 0.840. The second-order valence-corrected chi connectivity index (χ2v) is 5.00. The summed E-state index contributed by atoms with van der Waals surface area (Å²) >= 11 is 0. The van der Waals surface area contributed by atoms with Crippen LogP contribution in [-0.4, -0.2) is 26.8 Å². The molecule has 0 amide bonds. The molecule has 1 aliphatic rings. The molecule has 1 N–H and O–H groups in total. The molecule has 0 radical (unpaired) electrons. The first-order valence-corrected chi connectivity index (χ1v) is 6.61. The second-order valence-electron chi connectivity index (χ2n) is 5.00.